The van der Waals surface area contributed by atoms with Crippen LogP contribution in [0.4, 0.5) is 0 Å². The lowest BCUT2D eigenvalue weighted by Gasteiger charge is -2.22. The van der Waals surface area contributed by atoms with Gasteiger partial charge in [0.1, 0.15) is 0 Å². The van der Waals surface area contributed by atoms with Gasteiger partial charge in [-0.2, -0.15) is 5.10 Å². The second-order valence-corrected chi connectivity index (χ2v) is 4.38. The molecule has 0 fully saturated rings. The quantitative estimate of drug-likeness (QED) is 0.799. The van der Waals surface area contributed by atoms with Gasteiger partial charge in [0, 0.05) is 12.7 Å². The predicted molar refractivity (Wildman–Crippen MR) is 59.8 cm³/mol. The van der Waals surface area contributed by atoms with E-state index in [1.165, 1.54) is 0 Å². The van der Waals surface area contributed by atoms with Gasteiger partial charge in [0.2, 0.25) is 0 Å². The van der Waals surface area contributed by atoms with E-state index in [9.17, 15) is 4.79 Å². The number of rotatable bonds is 4. The van der Waals surface area contributed by atoms with E-state index in [2.05, 4.69) is 10.4 Å². The Labute approximate surface area is 90.7 Å². The maximum absolute atomic E-state index is 11.9. The first-order chi connectivity index (χ1) is 6.86. The molecule has 0 saturated carbocycles. The Hall–Kier alpha value is -1.16. The van der Waals surface area contributed by atoms with E-state index in [-0.39, 0.29) is 5.78 Å². The average Bonchev–Trinajstić information content (AvgIpc) is 2.45. The van der Waals surface area contributed by atoms with Gasteiger partial charge in [-0.3, -0.25) is 9.48 Å². The van der Waals surface area contributed by atoms with E-state index in [4.69, 9.17) is 0 Å². The summed E-state index contributed by atoms with van der Waals surface area (Å²) in [4.78, 5) is 11.9. The molecule has 1 N–H and O–H groups in total. The van der Waals surface area contributed by atoms with Crippen LogP contribution in [0.1, 0.15) is 25.2 Å². The van der Waals surface area contributed by atoms with Crippen LogP contribution in [0.3, 0.4) is 0 Å². The largest absolute Gasteiger partial charge is 0.308 e. The molecule has 0 atom stereocenters. The van der Waals surface area contributed by atoms with Gasteiger partial charge in [-0.1, -0.05) is 0 Å². The summed E-state index contributed by atoms with van der Waals surface area (Å²) >= 11 is 0. The molecule has 0 bridgehead atoms. The number of nitrogens with zero attached hydrogens (tertiary/aromatic N) is 2. The van der Waals surface area contributed by atoms with E-state index in [1.807, 2.05) is 33.9 Å². The highest BCUT2D eigenvalue weighted by Crippen LogP contribution is 2.10. The van der Waals surface area contributed by atoms with Crippen LogP contribution < -0.4 is 5.32 Å². The van der Waals surface area contributed by atoms with Gasteiger partial charge < -0.3 is 5.32 Å². The van der Waals surface area contributed by atoms with Crippen LogP contribution in [0.5, 0.6) is 0 Å². The van der Waals surface area contributed by atoms with Crippen molar-refractivity contribution in [3.8, 4) is 0 Å². The van der Waals surface area contributed by atoms with Crippen molar-refractivity contribution in [1.82, 2.24) is 15.1 Å². The number of ketones is 1. The zero-order valence-electron chi connectivity index (χ0n) is 10.1. The molecular formula is C11H19N3O. The maximum Gasteiger partial charge on any atom is 0.158 e. The van der Waals surface area contributed by atoms with Crippen molar-refractivity contribution in [2.75, 3.05) is 7.05 Å². The van der Waals surface area contributed by atoms with Crippen LogP contribution in [-0.2, 0) is 18.3 Å². The summed E-state index contributed by atoms with van der Waals surface area (Å²) in [5, 5.41) is 7.22. The van der Waals surface area contributed by atoms with Gasteiger partial charge in [0.25, 0.3) is 0 Å². The lowest BCUT2D eigenvalue weighted by molar-refractivity contribution is -0.123. The van der Waals surface area contributed by atoms with Crippen molar-refractivity contribution in [3.63, 3.8) is 0 Å². The van der Waals surface area contributed by atoms with Gasteiger partial charge in [0.05, 0.1) is 17.7 Å². The smallest absolute Gasteiger partial charge is 0.158 e. The van der Waals surface area contributed by atoms with Crippen LogP contribution in [0.25, 0.3) is 0 Å². The second kappa shape index (κ2) is 4.14. The lowest BCUT2D eigenvalue weighted by Crippen LogP contribution is -2.45. The average molecular weight is 209 g/mol. The van der Waals surface area contributed by atoms with E-state index >= 15 is 0 Å². The first-order valence-electron chi connectivity index (χ1n) is 5.08. The zero-order valence-corrected chi connectivity index (χ0v) is 10.1. The van der Waals surface area contributed by atoms with E-state index in [0.29, 0.717) is 6.42 Å². The van der Waals surface area contributed by atoms with Crippen molar-refractivity contribution in [1.29, 1.82) is 0 Å². The molecule has 1 aromatic heterocycles. The fraction of sp³-hybridized carbons (Fsp3) is 0.636. The Bertz CT molecular complexity index is 366. The molecule has 0 spiro atoms. The Morgan fingerprint density at radius 2 is 2.20 bits per heavy atom. The minimum Gasteiger partial charge on any atom is -0.308 e. The summed E-state index contributed by atoms with van der Waals surface area (Å²) in [5.41, 5.74) is 1.43. The fourth-order valence-corrected chi connectivity index (χ4v) is 1.35. The SMILES string of the molecule is CNC(C)(C)C(=O)Cc1cc(C)nn1C. The third kappa shape index (κ3) is 2.65. The van der Waals surface area contributed by atoms with E-state index in [1.54, 1.807) is 11.7 Å². The lowest BCUT2D eigenvalue weighted by atomic mass is 9.96. The molecule has 1 aromatic rings. The Morgan fingerprint density at radius 3 is 2.60 bits per heavy atom. The van der Waals surface area contributed by atoms with Gasteiger partial charge in [-0.15, -0.1) is 0 Å². The van der Waals surface area contributed by atoms with Gasteiger partial charge >= 0.3 is 0 Å². The number of hydrogen-bond donors (Lipinski definition) is 1. The Morgan fingerprint density at radius 1 is 1.60 bits per heavy atom. The van der Waals surface area contributed by atoms with Crippen molar-refractivity contribution >= 4 is 5.78 Å². The molecule has 0 radical (unpaired) electrons. The molecule has 0 amide bonds. The van der Waals surface area contributed by atoms with Crippen LogP contribution in [0.2, 0.25) is 0 Å². The molecule has 0 aliphatic rings. The topological polar surface area (TPSA) is 46.9 Å². The highest BCUT2D eigenvalue weighted by molar-refractivity contribution is 5.89. The van der Waals surface area contributed by atoms with Crippen molar-refractivity contribution in [2.45, 2.75) is 32.7 Å². The first kappa shape index (κ1) is 11.9. The molecule has 84 valence electrons. The van der Waals surface area contributed by atoms with E-state index in [0.717, 1.165) is 11.4 Å². The minimum absolute atomic E-state index is 0.174. The number of aryl methyl sites for hydroxylation is 2. The minimum atomic E-state index is -0.474. The molecule has 0 saturated heterocycles. The van der Waals surface area contributed by atoms with Crippen LogP contribution in [0.15, 0.2) is 6.07 Å². The molecule has 0 aliphatic carbocycles. The summed E-state index contributed by atoms with van der Waals surface area (Å²) in [6.07, 6.45) is 0.422. The third-order valence-corrected chi connectivity index (χ3v) is 2.76. The first-order valence-corrected chi connectivity index (χ1v) is 5.08. The molecule has 4 nitrogen and oxygen atoms in total. The number of likely N-dealkylation sites (N-methyl/N-ethyl adjacent to an activating group) is 1. The van der Waals surface area contributed by atoms with Crippen molar-refractivity contribution in [2.24, 2.45) is 7.05 Å². The monoisotopic (exact) mass is 209 g/mol. The molecule has 1 heterocycles. The van der Waals surface area contributed by atoms with Gasteiger partial charge in [-0.25, -0.2) is 0 Å². The molecule has 0 aliphatic heterocycles. The molecule has 4 heteroatoms. The summed E-state index contributed by atoms with van der Waals surface area (Å²) in [6, 6.07) is 1.95. The third-order valence-electron chi connectivity index (χ3n) is 2.76. The second-order valence-electron chi connectivity index (χ2n) is 4.38. The van der Waals surface area contributed by atoms with Crippen LogP contribution >= 0.6 is 0 Å². The van der Waals surface area contributed by atoms with Crippen molar-refractivity contribution < 1.29 is 4.79 Å². The van der Waals surface area contributed by atoms with Crippen molar-refractivity contribution in [3.05, 3.63) is 17.5 Å². The molecule has 1 rings (SSSR count). The predicted octanol–water partition coefficient (Wildman–Crippen LogP) is 0.838. The summed E-state index contributed by atoms with van der Waals surface area (Å²) in [6.45, 7) is 5.70. The standard InChI is InChI=1S/C11H19N3O/c1-8-6-9(14(5)13-8)7-10(15)11(2,3)12-4/h6,12H,7H2,1-5H3. The summed E-state index contributed by atoms with van der Waals surface area (Å²) < 4.78 is 1.76. The van der Waals surface area contributed by atoms with Crippen LogP contribution in [-0.4, -0.2) is 28.2 Å². The molecule has 0 unspecified atom stereocenters. The molecule has 0 aromatic carbocycles. The van der Waals surface area contributed by atoms with E-state index < -0.39 is 5.54 Å². The number of carbonyl (C=O) groups excluding carboxylic acids is 1. The summed E-state index contributed by atoms with van der Waals surface area (Å²) in [7, 11) is 3.66. The number of hydrogen-bond acceptors (Lipinski definition) is 3. The Kier molecular flexibility index (Phi) is 3.29. The fourth-order valence-electron chi connectivity index (χ4n) is 1.35. The number of nitrogens with one attached hydrogen (secondary N) is 1. The number of Topliss-reactive ketones (excluding diaryl/α,β-unsaturated/α-hetero) is 1. The maximum atomic E-state index is 11.9. The highest BCUT2D eigenvalue weighted by Gasteiger charge is 2.25. The Balaban J connectivity index is 2.79. The summed E-state index contributed by atoms with van der Waals surface area (Å²) in [5.74, 6) is 0.174. The number of carbonyl (C=O) groups is 1. The van der Waals surface area contributed by atoms with Gasteiger partial charge in [0.15, 0.2) is 5.78 Å². The van der Waals surface area contributed by atoms with Crippen LogP contribution in [0, 0.1) is 6.92 Å². The van der Waals surface area contributed by atoms with Gasteiger partial charge in [-0.05, 0) is 33.9 Å². The molecule has 15 heavy (non-hydrogen) atoms. The number of aromatic nitrogens is 2. The normalized spacial score (nSPS) is 11.8. The highest BCUT2D eigenvalue weighted by atomic mass is 16.1. The molecular weight excluding hydrogens is 190 g/mol. The zero-order chi connectivity index (χ0) is 11.6.